The van der Waals surface area contributed by atoms with Crippen molar-refractivity contribution in [2.75, 3.05) is 18.0 Å². The zero-order valence-electron chi connectivity index (χ0n) is 14.2. The summed E-state index contributed by atoms with van der Waals surface area (Å²) in [7, 11) is 0. The molecule has 0 radical (unpaired) electrons. The van der Waals surface area contributed by atoms with E-state index in [1.165, 1.54) is 25.7 Å². The van der Waals surface area contributed by atoms with Gasteiger partial charge in [-0.3, -0.25) is 9.78 Å². The molecular weight excluding hydrogens is 298 g/mol. The molecule has 1 atom stereocenters. The molecule has 1 fully saturated rings. The summed E-state index contributed by atoms with van der Waals surface area (Å²) in [5, 5.41) is 3.03. The molecule has 2 aromatic rings. The maximum absolute atomic E-state index is 12.5. The zero-order valence-corrected chi connectivity index (χ0v) is 14.2. The lowest BCUT2D eigenvalue weighted by atomic mass is 10.1. The van der Waals surface area contributed by atoms with Gasteiger partial charge in [0, 0.05) is 25.0 Å². The molecular formula is C20H25N3O. The highest BCUT2D eigenvalue weighted by atomic mass is 16.1. The van der Waals surface area contributed by atoms with Gasteiger partial charge in [0.1, 0.15) is 5.69 Å². The van der Waals surface area contributed by atoms with E-state index in [0.29, 0.717) is 5.69 Å². The summed E-state index contributed by atoms with van der Waals surface area (Å²) in [6, 6.07) is 13.9. The number of rotatable bonds is 4. The normalized spacial score (nSPS) is 16.3. The third kappa shape index (κ3) is 4.13. The highest BCUT2D eigenvalue weighted by Gasteiger charge is 2.15. The zero-order chi connectivity index (χ0) is 16.8. The number of nitrogens with one attached hydrogen (secondary N) is 1. The fraction of sp³-hybridized carbons (Fsp3) is 0.400. The molecule has 1 N–H and O–H groups in total. The van der Waals surface area contributed by atoms with E-state index in [9.17, 15) is 4.79 Å². The van der Waals surface area contributed by atoms with Crippen molar-refractivity contribution in [2.24, 2.45) is 0 Å². The SMILES string of the molecule is CC(NC(=O)c1cc(N2CCCCCC2)ccn1)c1ccccc1. The second-order valence-electron chi connectivity index (χ2n) is 6.41. The molecule has 0 spiro atoms. The summed E-state index contributed by atoms with van der Waals surface area (Å²) in [5.41, 5.74) is 2.68. The number of nitrogens with zero attached hydrogens (tertiary/aromatic N) is 2. The van der Waals surface area contributed by atoms with Gasteiger partial charge in [-0.2, -0.15) is 0 Å². The predicted molar refractivity (Wildman–Crippen MR) is 97.2 cm³/mol. The molecule has 2 heterocycles. The van der Waals surface area contributed by atoms with Crippen LogP contribution in [0.3, 0.4) is 0 Å². The van der Waals surface area contributed by atoms with Crippen LogP contribution in [0.5, 0.6) is 0 Å². The maximum Gasteiger partial charge on any atom is 0.270 e. The second-order valence-corrected chi connectivity index (χ2v) is 6.41. The molecule has 1 aromatic carbocycles. The van der Waals surface area contributed by atoms with Gasteiger partial charge in [-0.1, -0.05) is 43.2 Å². The first kappa shape index (κ1) is 16.5. The van der Waals surface area contributed by atoms with Crippen LogP contribution in [0.15, 0.2) is 48.7 Å². The number of carbonyl (C=O) groups excluding carboxylic acids is 1. The molecule has 1 aliphatic rings. The van der Waals surface area contributed by atoms with E-state index in [1.807, 2.05) is 49.4 Å². The number of amides is 1. The van der Waals surface area contributed by atoms with Crippen LogP contribution in [0.25, 0.3) is 0 Å². The van der Waals surface area contributed by atoms with Gasteiger partial charge in [0.2, 0.25) is 0 Å². The smallest absolute Gasteiger partial charge is 0.270 e. The Morgan fingerprint density at radius 1 is 1.08 bits per heavy atom. The molecule has 0 aliphatic carbocycles. The van der Waals surface area contributed by atoms with Crippen molar-refractivity contribution in [1.82, 2.24) is 10.3 Å². The van der Waals surface area contributed by atoms with Gasteiger partial charge in [0.25, 0.3) is 5.91 Å². The van der Waals surface area contributed by atoms with Gasteiger partial charge >= 0.3 is 0 Å². The first-order valence-electron chi connectivity index (χ1n) is 8.81. The van der Waals surface area contributed by atoms with Crippen molar-refractivity contribution in [1.29, 1.82) is 0 Å². The molecule has 3 rings (SSSR count). The standard InChI is InChI=1S/C20H25N3O/c1-16(17-9-5-4-6-10-17)22-20(24)19-15-18(11-12-21-19)23-13-7-2-3-8-14-23/h4-6,9-12,15-16H,2-3,7-8,13-14H2,1H3,(H,22,24). The minimum atomic E-state index is -0.122. The fourth-order valence-electron chi connectivity index (χ4n) is 3.16. The van der Waals surface area contributed by atoms with E-state index in [-0.39, 0.29) is 11.9 Å². The third-order valence-corrected chi connectivity index (χ3v) is 4.59. The lowest BCUT2D eigenvalue weighted by molar-refractivity contribution is 0.0935. The van der Waals surface area contributed by atoms with Gasteiger partial charge in [-0.05, 0) is 37.5 Å². The van der Waals surface area contributed by atoms with E-state index >= 15 is 0 Å². The minimum absolute atomic E-state index is 0.0395. The molecule has 1 aliphatic heterocycles. The quantitative estimate of drug-likeness (QED) is 0.926. The third-order valence-electron chi connectivity index (χ3n) is 4.59. The molecule has 126 valence electrons. The average Bonchev–Trinajstić information content (AvgIpc) is 2.92. The van der Waals surface area contributed by atoms with Crippen LogP contribution in [0, 0.1) is 0 Å². The Hall–Kier alpha value is -2.36. The Morgan fingerprint density at radius 2 is 1.79 bits per heavy atom. The van der Waals surface area contributed by atoms with Gasteiger partial charge < -0.3 is 10.2 Å². The van der Waals surface area contributed by atoms with Gasteiger partial charge in [0.05, 0.1) is 6.04 Å². The van der Waals surface area contributed by atoms with Crippen molar-refractivity contribution in [2.45, 2.75) is 38.6 Å². The molecule has 1 saturated heterocycles. The number of anilines is 1. The number of hydrogen-bond donors (Lipinski definition) is 1. The van der Waals surface area contributed by atoms with Crippen LogP contribution in [-0.2, 0) is 0 Å². The Balaban J connectivity index is 1.70. The largest absolute Gasteiger partial charge is 0.371 e. The van der Waals surface area contributed by atoms with Crippen molar-refractivity contribution in [3.63, 3.8) is 0 Å². The van der Waals surface area contributed by atoms with E-state index in [1.54, 1.807) is 6.20 Å². The summed E-state index contributed by atoms with van der Waals surface area (Å²) in [6.07, 6.45) is 6.76. The highest BCUT2D eigenvalue weighted by Crippen LogP contribution is 2.20. The number of pyridine rings is 1. The summed E-state index contributed by atoms with van der Waals surface area (Å²) in [6.45, 7) is 4.11. The first-order chi connectivity index (χ1) is 11.7. The molecule has 1 unspecified atom stereocenters. The monoisotopic (exact) mass is 323 g/mol. The molecule has 4 heteroatoms. The van der Waals surface area contributed by atoms with Crippen molar-refractivity contribution >= 4 is 11.6 Å². The summed E-state index contributed by atoms with van der Waals surface area (Å²) < 4.78 is 0. The summed E-state index contributed by atoms with van der Waals surface area (Å²) in [5.74, 6) is -0.122. The molecule has 0 saturated carbocycles. The molecule has 0 bridgehead atoms. The van der Waals surface area contributed by atoms with Crippen LogP contribution in [0.1, 0.15) is 54.7 Å². The van der Waals surface area contributed by atoms with Crippen LogP contribution in [0.2, 0.25) is 0 Å². The highest BCUT2D eigenvalue weighted by molar-refractivity contribution is 5.93. The summed E-state index contributed by atoms with van der Waals surface area (Å²) in [4.78, 5) is 19.2. The molecule has 4 nitrogen and oxygen atoms in total. The number of benzene rings is 1. The predicted octanol–water partition coefficient (Wildman–Crippen LogP) is 3.95. The summed E-state index contributed by atoms with van der Waals surface area (Å²) >= 11 is 0. The Bertz CT molecular complexity index is 664. The van der Waals surface area contributed by atoms with Gasteiger partial charge in [0.15, 0.2) is 0 Å². The van der Waals surface area contributed by atoms with Crippen LogP contribution in [-0.4, -0.2) is 24.0 Å². The van der Waals surface area contributed by atoms with Gasteiger partial charge in [-0.25, -0.2) is 0 Å². The number of carbonyl (C=O) groups is 1. The van der Waals surface area contributed by atoms with E-state index in [2.05, 4.69) is 15.2 Å². The lowest BCUT2D eigenvalue weighted by Gasteiger charge is -2.23. The molecule has 1 amide bonds. The Morgan fingerprint density at radius 3 is 2.50 bits per heavy atom. The van der Waals surface area contributed by atoms with E-state index < -0.39 is 0 Å². The van der Waals surface area contributed by atoms with Crippen LogP contribution in [0.4, 0.5) is 5.69 Å². The Labute approximate surface area is 143 Å². The molecule has 24 heavy (non-hydrogen) atoms. The van der Waals surface area contributed by atoms with Crippen molar-refractivity contribution in [3.05, 3.63) is 59.9 Å². The maximum atomic E-state index is 12.5. The lowest BCUT2D eigenvalue weighted by Crippen LogP contribution is -2.28. The minimum Gasteiger partial charge on any atom is -0.371 e. The van der Waals surface area contributed by atoms with Crippen molar-refractivity contribution in [3.8, 4) is 0 Å². The number of aromatic nitrogens is 1. The molecule has 1 aromatic heterocycles. The Kier molecular flexibility index (Phi) is 5.47. The van der Waals surface area contributed by atoms with Crippen LogP contribution >= 0.6 is 0 Å². The first-order valence-corrected chi connectivity index (χ1v) is 8.81. The number of hydrogen-bond acceptors (Lipinski definition) is 3. The van der Waals surface area contributed by atoms with E-state index in [0.717, 1.165) is 24.3 Å². The second kappa shape index (κ2) is 7.95. The average molecular weight is 323 g/mol. The van der Waals surface area contributed by atoms with Gasteiger partial charge in [-0.15, -0.1) is 0 Å². The van der Waals surface area contributed by atoms with Crippen molar-refractivity contribution < 1.29 is 4.79 Å². The fourth-order valence-corrected chi connectivity index (χ4v) is 3.16. The van der Waals surface area contributed by atoms with Crippen LogP contribution < -0.4 is 10.2 Å². The van der Waals surface area contributed by atoms with E-state index in [4.69, 9.17) is 0 Å². The topological polar surface area (TPSA) is 45.2 Å².